The Balaban J connectivity index is 2.71. The number of likely N-dealkylation sites (N-methyl/N-ethyl adjacent to an activating group) is 1. The van der Waals surface area contributed by atoms with Crippen LogP contribution in [0.15, 0.2) is 12.3 Å². The van der Waals surface area contributed by atoms with Crippen molar-refractivity contribution in [2.24, 2.45) is 0 Å². The highest BCUT2D eigenvalue weighted by atomic mass is 19.2. The van der Waals surface area contributed by atoms with Gasteiger partial charge in [-0.15, -0.1) is 0 Å². The standard InChI is InChI=1S/C10H11F2N3O2/c1-15(2)7(16)5-14-10(17)6-3-4-13-9(12)8(6)11/h3-4H,5H2,1-2H3,(H,14,17). The minimum absolute atomic E-state index is 0.283. The summed E-state index contributed by atoms with van der Waals surface area (Å²) in [5, 5.41) is 2.18. The van der Waals surface area contributed by atoms with Crippen LogP contribution in [-0.4, -0.2) is 42.3 Å². The van der Waals surface area contributed by atoms with Gasteiger partial charge in [0.15, 0.2) is 5.82 Å². The van der Waals surface area contributed by atoms with Gasteiger partial charge in [0.2, 0.25) is 11.9 Å². The van der Waals surface area contributed by atoms with E-state index in [1.54, 1.807) is 0 Å². The van der Waals surface area contributed by atoms with Gasteiger partial charge < -0.3 is 10.2 Å². The van der Waals surface area contributed by atoms with Crippen molar-refractivity contribution in [2.45, 2.75) is 0 Å². The molecule has 0 unspecified atom stereocenters. The van der Waals surface area contributed by atoms with Crippen LogP contribution in [0.25, 0.3) is 0 Å². The van der Waals surface area contributed by atoms with E-state index in [0.29, 0.717) is 0 Å². The molecule has 2 amide bonds. The number of nitrogens with zero attached hydrogens (tertiary/aromatic N) is 2. The van der Waals surface area contributed by atoms with E-state index in [9.17, 15) is 18.4 Å². The third kappa shape index (κ3) is 3.20. The lowest BCUT2D eigenvalue weighted by atomic mass is 10.2. The molecule has 0 aliphatic rings. The molecule has 0 saturated heterocycles. The number of pyridine rings is 1. The molecular weight excluding hydrogens is 232 g/mol. The second kappa shape index (κ2) is 5.33. The third-order valence-electron chi connectivity index (χ3n) is 1.99. The molecule has 0 aromatic carbocycles. The number of hydrogen-bond acceptors (Lipinski definition) is 3. The van der Waals surface area contributed by atoms with Crippen LogP contribution in [0.1, 0.15) is 10.4 Å². The van der Waals surface area contributed by atoms with Gasteiger partial charge in [-0.1, -0.05) is 0 Å². The van der Waals surface area contributed by atoms with Gasteiger partial charge in [-0.2, -0.15) is 4.39 Å². The summed E-state index contributed by atoms with van der Waals surface area (Å²) in [5.41, 5.74) is -0.482. The summed E-state index contributed by atoms with van der Waals surface area (Å²) in [7, 11) is 3.03. The van der Waals surface area contributed by atoms with Crippen LogP contribution in [0.2, 0.25) is 0 Å². The molecule has 92 valence electrons. The highest BCUT2D eigenvalue weighted by Crippen LogP contribution is 2.08. The van der Waals surface area contributed by atoms with E-state index in [4.69, 9.17) is 0 Å². The summed E-state index contributed by atoms with van der Waals surface area (Å²) in [6, 6.07) is 1.04. The lowest BCUT2D eigenvalue weighted by molar-refractivity contribution is -0.127. The Bertz CT molecular complexity index is 449. The molecule has 0 spiro atoms. The fraction of sp³-hybridized carbons (Fsp3) is 0.300. The molecule has 0 aliphatic heterocycles. The van der Waals surface area contributed by atoms with Gasteiger partial charge in [0.1, 0.15) is 0 Å². The number of carbonyl (C=O) groups excluding carboxylic acids is 2. The van der Waals surface area contributed by atoms with E-state index in [1.807, 2.05) is 0 Å². The van der Waals surface area contributed by atoms with E-state index < -0.39 is 23.2 Å². The van der Waals surface area contributed by atoms with Crippen molar-refractivity contribution in [3.05, 3.63) is 29.6 Å². The van der Waals surface area contributed by atoms with Crippen molar-refractivity contribution >= 4 is 11.8 Å². The smallest absolute Gasteiger partial charge is 0.254 e. The van der Waals surface area contributed by atoms with E-state index in [1.165, 1.54) is 19.0 Å². The van der Waals surface area contributed by atoms with Crippen molar-refractivity contribution in [1.29, 1.82) is 0 Å². The summed E-state index contributed by atoms with van der Waals surface area (Å²) in [6.45, 7) is -0.283. The van der Waals surface area contributed by atoms with Crippen LogP contribution in [0, 0.1) is 11.8 Å². The first-order valence-corrected chi connectivity index (χ1v) is 4.72. The monoisotopic (exact) mass is 243 g/mol. The molecule has 1 N–H and O–H groups in total. The maximum atomic E-state index is 13.1. The molecule has 1 heterocycles. The van der Waals surface area contributed by atoms with Gasteiger partial charge in [-0.05, 0) is 6.07 Å². The number of aromatic nitrogens is 1. The predicted molar refractivity (Wildman–Crippen MR) is 55.2 cm³/mol. The molecule has 17 heavy (non-hydrogen) atoms. The SMILES string of the molecule is CN(C)C(=O)CNC(=O)c1ccnc(F)c1F. The van der Waals surface area contributed by atoms with E-state index in [-0.39, 0.29) is 12.5 Å². The summed E-state index contributed by atoms with van der Waals surface area (Å²) >= 11 is 0. The third-order valence-corrected chi connectivity index (χ3v) is 1.99. The van der Waals surface area contributed by atoms with Crippen LogP contribution in [0.3, 0.4) is 0 Å². The molecule has 5 nitrogen and oxygen atoms in total. The van der Waals surface area contributed by atoms with Gasteiger partial charge >= 0.3 is 0 Å². The minimum Gasteiger partial charge on any atom is -0.347 e. The molecule has 7 heteroatoms. The second-order valence-electron chi connectivity index (χ2n) is 3.43. The van der Waals surface area contributed by atoms with Crippen LogP contribution in [0.5, 0.6) is 0 Å². The zero-order chi connectivity index (χ0) is 13.0. The summed E-state index contributed by atoms with van der Waals surface area (Å²) < 4.78 is 25.9. The highest BCUT2D eigenvalue weighted by molar-refractivity contribution is 5.96. The van der Waals surface area contributed by atoms with Crippen molar-refractivity contribution in [1.82, 2.24) is 15.2 Å². The van der Waals surface area contributed by atoms with Gasteiger partial charge in [0.05, 0.1) is 12.1 Å². The van der Waals surface area contributed by atoms with Crippen LogP contribution >= 0.6 is 0 Å². The first-order valence-electron chi connectivity index (χ1n) is 4.72. The lowest BCUT2D eigenvalue weighted by Crippen LogP contribution is -2.36. The molecule has 1 aromatic heterocycles. The van der Waals surface area contributed by atoms with Crippen molar-refractivity contribution in [3.8, 4) is 0 Å². The number of carbonyl (C=O) groups is 2. The Labute approximate surface area is 96.4 Å². The maximum absolute atomic E-state index is 13.1. The number of nitrogens with one attached hydrogen (secondary N) is 1. The first-order chi connectivity index (χ1) is 7.93. The van der Waals surface area contributed by atoms with Gasteiger partial charge in [-0.3, -0.25) is 9.59 Å². The number of hydrogen-bond donors (Lipinski definition) is 1. The number of halogens is 2. The van der Waals surface area contributed by atoms with Crippen LogP contribution in [-0.2, 0) is 4.79 Å². The van der Waals surface area contributed by atoms with E-state index in [2.05, 4.69) is 10.3 Å². The number of amides is 2. The van der Waals surface area contributed by atoms with E-state index >= 15 is 0 Å². The summed E-state index contributed by atoms with van der Waals surface area (Å²) in [4.78, 5) is 26.9. The van der Waals surface area contributed by atoms with Crippen LogP contribution < -0.4 is 5.32 Å². The number of rotatable bonds is 3. The predicted octanol–water partition coefficient (Wildman–Crippen LogP) is 0.178. The molecule has 0 saturated carbocycles. The zero-order valence-electron chi connectivity index (χ0n) is 9.33. The molecule has 0 bridgehead atoms. The average molecular weight is 243 g/mol. The molecule has 0 radical (unpaired) electrons. The lowest BCUT2D eigenvalue weighted by Gasteiger charge is -2.11. The second-order valence-corrected chi connectivity index (χ2v) is 3.43. The molecule has 1 rings (SSSR count). The fourth-order valence-corrected chi connectivity index (χ4v) is 1.00. The summed E-state index contributed by atoms with van der Waals surface area (Å²) in [5.74, 6) is -3.90. The molecule has 0 fully saturated rings. The quantitative estimate of drug-likeness (QED) is 0.770. The Morgan fingerprint density at radius 2 is 2.06 bits per heavy atom. The molecule has 0 aliphatic carbocycles. The Hall–Kier alpha value is -2.05. The topological polar surface area (TPSA) is 62.3 Å². The van der Waals surface area contributed by atoms with Crippen molar-refractivity contribution in [3.63, 3.8) is 0 Å². The Morgan fingerprint density at radius 3 is 2.65 bits per heavy atom. The molecule has 1 aromatic rings. The van der Waals surface area contributed by atoms with Gasteiger partial charge in [0.25, 0.3) is 5.91 Å². The van der Waals surface area contributed by atoms with E-state index in [0.717, 1.165) is 12.3 Å². The van der Waals surface area contributed by atoms with Gasteiger partial charge in [0, 0.05) is 20.3 Å². The largest absolute Gasteiger partial charge is 0.347 e. The molecule has 0 atom stereocenters. The Morgan fingerprint density at radius 1 is 1.41 bits per heavy atom. The van der Waals surface area contributed by atoms with Crippen molar-refractivity contribution in [2.75, 3.05) is 20.6 Å². The van der Waals surface area contributed by atoms with Crippen LogP contribution in [0.4, 0.5) is 8.78 Å². The summed E-state index contributed by atoms with van der Waals surface area (Å²) in [6.07, 6.45) is 0.973. The normalized spacial score (nSPS) is 9.88. The average Bonchev–Trinajstić information content (AvgIpc) is 2.29. The Kier molecular flexibility index (Phi) is 4.08. The maximum Gasteiger partial charge on any atom is 0.254 e. The first kappa shape index (κ1) is 13.0. The zero-order valence-corrected chi connectivity index (χ0v) is 9.33. The minimum atomic E-state index is -1.35. The van der Waals surface area contributed by atoms with Crippen molar-refractivity contribution < 1.29 is 18.4 Å². The highest BCUT2D eigenvalue weighted by Gasteiger charge is 2.16. The van der Waals surface area contributed by atoms with Gasteiger partial charge in [-0.25, -0.2) is 9.37 Å². The molecular formula is C10H11F2N3O2. The fourth-order valence-electron chi connectivity index (χ4n) is 1.00.